The second-order valence-corrected chi connectivity index (χ2v) is 8.47. The van der Waals surface area contributed by atoms with Gasteiger partial charge in [0.2, 0.25) is 0 Å². The van der Waals surface area contributed by atoms with E-state index in [0.717, 1.165) is 34.5 Å². The molecule has 0 aliphatic carbocycles. The summed E-state index contributed by atoms with van der Waals surface area (Å²) in [7, 11) is 0. The van der Waals surface area contributed by atoms with E-state index in [2.05, 4.69) is 22.4 Å². The molecule has 0 radical (unpaired) electrons. The van der Waals surface area contributed by atoms with Gasteiger partial charge >= 0.3 is 0 Å². The maximum absolute atomic E-state index is 12.6. The molecule has 0 saturated heterocycles. The third-order valence-corrected chi connectivity index (χ3v) is 5.96. The Hall–Kier alpha value is -3.44. The van der Waals surface area contributed by atoms with Crippen molar-refractivity contribution in [1.82, 2.24) is 4.98 Å². The van der Waals surface area contributed by atoms with Gasteiger partial charge in [-0.2, -0.15) is 0 Å². The molecule has 0 unspecified atom stereocenters. The van der Waals surface area contributed by atoms with Gasteiger partial charge in [0, 0.05) is 23.6 Å². The Bertz CT molecular complexity index is 1170. The number of hydrogen-bond donors (Lipinski definition) is 1. The summed E-state index contributed by atoms with van der Waals surface area (Å²) in [6.07, 6.45) is 4.43. The Labute approximate surface area is 186 Å². The first-order valence-electron chi connectivity index (χ1n) is 10.1. The number of carbonyl (C=O) groups excluding carboxylic acids is 1. The van der Waals surface area contributed by atoms with E-state index in [4.69, 9.17) is 4.74 Å². The van der Waals surface area contributed by atoms with E-state index in [1.54, 1.807) is 12.4 Å². The number of nitrogens with one attached hydrogen (secondary N) is 1. The predicted octanol–water partition coefficient (Wildman–Crippen LogP) is 6.18. The first kappa shape index (κ1) is 20.8. The van der Waals surface area contributed by atoms with E-state index in [0.29, 0.717) is 11.5 Å². The van der Waals surface area contributed by atoms with Crippen LogP contribution in [0.15, 0.2) is 78.4 Å². The van der Waals surface area contributed by atoms with E-state index in [9.17, 15) is 4.79 Å². The molecule has 0 aliphatic rings. The van der Waals surface area contributed by atoms with Crippen molar-refractivity contribution in [3.63, 3.8) is 0 Å². The second kappa shape index (κ2) is 9.58. The number of rotatable bonds is 7. The van der Waals surface area contributed by atoms with Crippen LogP contribution in [0.1, 0.15) is 37.5 Å². The molecule has 0 saturated carbocycles. The quantitative estimate of drug-likeness (QED) is 0.382. The molecular formula is C26H24N2O2S. The number of hydrogen-bond acceptors (Lipinski definition) is 4. The molecular weight excluding hydrogens is 404 g/mol. The van der Waals surface area contributed by atoms with Crippen LogP contribution < -0.4 is 10.1 Å². The number of amides is 1. The van der Waals surface area contributed by atoms with Crippen LogP contribution in [0.2, 0.25) is 0 Å². The van der Waals surface area contributed by atoms with Crippen molar-refractivity contribution < 1.29 is 9.53 Å². The van der Waals surface area contributed by atoms with Crippen molar-refractivity contribution in [1.29, 1.82) is 0 Å². The topological polar surface area (TPSA) is 51.2 Å². The molecule has 4 nitrogen and oxygen atoms in total. The van der Waals surface area contributed by atoms with Crippen LogP contribution in [0.3, 0.4) is 0 Å². The minimum Gasteiger partial charge on any atom is -0.489 e. The zero-order valence-corrected chi connectivity index (χ0v) is 18.4. The fourth-order valence-electron chi connectivity index (χ4n) is 3.23. The maximum Gasteiger partial charge on any atom is 0.265 e. The second-order valence-electron chi connectivity index (χ2n) is 7.56. The summed E-state index contributed by atoms with van der Waals surface area (Å²) in [5.74, 6) is 0.772. The van der Waals surface area contributed by atoms with Crippen molar-refractivity contribution in [2.24, 2.45) is 0 Å². The standard InChI is InChI=1S/C26H24N2O2S/c1-18-3-4-19(2)24(13-18)30-16-22-15-25(31-17-22)26(29)28-23-7-5-20(6-8-23)14-21-9-11-27-12-10-21/h3-13,15,17H,14,16H2,1-2H3,(H,28,29). The Morgan fingerprint density at radius 1 is 0.935 bits per heavy atom. The summed E-state index contributed by atoms with van der Waals surface area (Å²) in [5, 5.41) is 4.94. The summed E-state index contributed by atoms with van der Waals surface area (Å²) < 4.78 is 5.95. The lowest BCUT2D eigenvalue weighted by atomic mass is 10.1. The number of thiophene rings is 1. The molecule has 4 rings (SSSR count). The van der Waals surface area contributed by atoms with E-state index in [1.165, 1.54) is 22.5 Å². The fourth-order valence-corrected chi connectivity index (χ4v) is 4.02. The van der Waals surface area contributed by atoms with Gasteiger partial charge in [-0.25, -0.2) is 0 Å². The molecule has 0 aliphatic heterocycles. The van der Waals surface area contributed by atoms with E-state index >= 15 is 0 Å². The highest BCUT2D eigenvalue weighted by Gasteiger charge is 2.11. The molecule has 0 spiro atoms. The average molecular weight is 429 g/mol. The van der Waals surface area contributed by atoms with Crippen molar-refractivity contribution >= 4 is 22.9 Å². The van der Waals surface area contributed by atoms with Crippen LogP contribution >= 0.6 is 11.3 Å². The number of nitrogens with zero attached hydrogens (tertiary/aromatic N) is 1. The molecule has 2 aromatic carbocycles. The van der Waals surface area contributed by atoms with Gasteiger partial charge in [0.05, 0.1) is 4.88 Å². The normalized spacial score (nSPS) is 10.6. The number of pyridine rings is 1. The molecule has 31 heavy (non-hydrogen) atoms. The molecule has 0 bridgehead atoms. The molecule has 1 amide bonds. The molecule has 1 N–H and O–H groups in total. The molecule has 0 fully saturated rings. The van der Waals surface area contributed by atoms with Gasteiger partial charge in [0.25, 0.3) is 5.91 Å². The highest BCUT2D eigenvalue weighted by molar-refractivity contribution is 7.12. The Morgan fingerprint density at radius 3 is 2.45 bits per heavy atom. The summed E-state index contributed by atoms with van der Waals surface area (Å²) in [6.45, 7) is 4.52. The van der Waals surface area contributed by atoms with Gasteiger partial charge in [-0.05, 0) is 84.3 Å². The van der Waals surface area contributed by atoms with Crippen molar-refractivity contribution in [2.75, 3.05) is 5.32 Å². The Balaban J connectivity index is 1.34. The minimum absolute atomic E-state index is 0.107. The van der Waals surface area contributed by atoms with E-state index < -0.39 is 0 Å². The van der Waals surface area contributed by atoms with Crippen LogP contribution in [0.5, 0.6) is 5.75 Å². The van der Waals surface area contributed by atoms with Gasteiger partial charge in [0.15, 0.2) is 0 Å². The Kier molecular flexibility index (Phi) is 6.43. The first-order chi connectivity index (χ1) is 15.1. The zero-order valence-electron chi connectivity index (χ0n) is 17.6. The molecule has 2 aromatic heterocycles. The minimum atomic E-state index is -0.107. The number of aromatic nitrogens is 1. The fraction of sp³-hybridized carbons (Fsp3) is 0.154. The van der Waals surface area contributed by atoms with Gasteiger partial charge in [-0.15, -0.1) is 11.3 Å². The predicted molar refractivity (Wildman–Crippen MR) is 126 cm³/mol. The highest BCUT2D eigenvalue weighted by atomic mass is 32.1. The summed E-state index contributed by atoms with van der Waals surface area (Å²) in [5.41, 5.74) is 6.44. The largest absolute Gasteiger partial charge is 0.489 e. The lowest BCUT2D eigenvalue weighted by molar-refractivity contribution is 0.103. The number of anilines is 1. The van der Waals surface area contributed by atoms with Gasteiger partial charge < -0.3 is 10.1 Å². The Morgan fingerprint density at radius 2 is 1.68 bits per heavy atom. The van der Waals surface area contributed by atoms with Gasteiger partial charge in [0.1, 0.15) is 12.4 Å². The number of benzene rings is 2. The highest BCUT2D eigenvalue weighted by Crippen LogP contribution is 2.23. The molecule has 0 atom stereocenters. The number of carbonyl (C=O) groups is 1. The van der Waals surface area contributed by atoms with E-state index in [1.807, 2.05) is 67.8 Å². The maximum atomic E-state index is 12.6. The van der Waals surface area contributed by atoms with E-state index in [-0.39, 0.29) is 5.91 Å². The van der Waals surface area contributed by atoms with Crippen LogP contribution in [0, 0.1) is 13.8 Å². The van der Waals surface area contributed by atoms with Crippen LogP contribution in [-0.4, -0.2) is 10.9 Å². The lowest BCUT2D eigenvalue weighted by Crippen LogP contribution is -2.10. The SMILES string of the molecule is Cc1ccc(C)c(OCc2csc(C(=O)Nc3ccc(Cc4ccncc4)cc3)c2)c1. The summed E-state index contributed by atoms with van der Waals surface area (Å²) in [6, 6.07) is 20.0. The van der Waals surface area contributed by atoms with Crippen molar-refractivity contribution in [3.05, 3.63) is 111 Å². The monoisotopic (exact) mass is 428 g/mol. The van der Waals surface area contributed by atoms with Crippen molar-refractivity contribution in [2.45, 2.75) is 26.9 Å². The zero-order chi connectivity index (χ0) is 21.6. The molecule has 156 valence electrons. The summed E-state index contributed by atoms with van der Waals surface area (Å²) in [4.78, 5) is 17.3. The van der Waals surface area contributed by atoms with Gasteiger partial charge in [-0.3, -0.25) is 9.78 Å². The average Bonchev–Trinajstić information content (AvgIpc) is 3.26. The molecule has 5 heteroatoms. The first-order valence-corrected chi connectivity index (χ1v) is 11.0. The number of aryl methyl sites for hydroxylation is 2. The smallest absolute Gasteiger partial charge is 0.265 e. The third kappa shape index (κ3) is 5.58. The number of ether oxygens (including phenoxy) is 1. The van der Waals surface area contributed by atoms with Crippen LogP contribution in [-0.2, 0) is 13.0 Å². The van der Waals surface area contributed by atoms with Crippen molar-refractivity contribution in [3.8, 4) is 5.75 Å². The third-order valence-electron chi connectivity index (χ3n) is 4.98. The molecule has 2 heterocycles. The lowest BCUT2D eigenvalue weighted by Gasteiger charge is -2.09. The molecule has 4 aromatic rings. The summed E-state index contributed by atoms with van der Waals surface area (Å²) >= 11 is 1.43. The van der Waals surface area contributed by atoms with Gasteiger partial charge in [-0.1, -0.05) is 24.3 Å². The van der Waals surface area contributed by atoms with Crippen LogP contribution in [0.4, 0.5) is 5.69 Å². The van der Waals surface area contributed by atoms with Crippen LogP contribution in [0.25, 0.3) is 0 Å².